The van der Waals surface area contributed by atoms with Gasteiger partial charge in [-0.3, -0.25) is 9.35 Å². The Kier molecular flexibility index (Phi) is 25.7. The highest BCUT2D eigenvalue weighted by molar-refractivity contribution is 7.85. The monoisotopic (exact) mass is 559 g/mol. The summed E-state index contributed by atoms with van der Waals surface area (Å²) in [5.74, 6) is -0.976. The first kappa shape index (κ1) is 37.1. The lowest BCUT2D eigenvalue weighted by Gasteiger charge is -2.21. The molecule has 0 saturated heterocycles. The minimum absolute atomic E-state index is 0.281. The van der Waals surface area contributed by atoms with Crippen LogP contribution in [0, 0.1) is 0 Å². The zero-order valence-electron chi connectivity index (χ0n) is 24.8. The van der Waals surface area contributed by atoms with Crippen molar-refractivity contribution in [3.05, 3.63) is 12.2 Å². The van der Waals surface area contributed by atoms with Gasteiger partial charge in [0.05, 0.1) is 17.9 Å². The summed E-state index contributed by atoms with van der Waals surface area (Å²) >= 11 is 0. The van der Waals surface area contributed by atoms with Crippen LogP contribution in [0.25, 0.3) is 0 Å². The van der Waals surface area contributed by atoms with Crippen molar-refractivity contribution in [1.82, 2.24) is 5.32 Å². The Morgan fingerprint density at radius 1 is 0.684 bits per heavy atom. The first-order chi connectivity index (χ1) is 18.3. The first-order valence-corrected chi connectivity index (χ1v) is 17.5. The number of hydrogen-bond donors (Lipinski definition) is 3. The van der Waals surface area contributed by atoms with Crippen molar-refractivity contribution >= 4 is 16.0 Å². The van der Waals surface area contributed by atoms with Crippen LogP contribution in [0.5, 0.6) is 0 Å². The third-order valence-electron chi connectivity index (χ3n) is 7.21. The number of aliphatic hydroxyl groups is 1. The Balaban J connectivity index is 3.92. The molecule has 3 N–H and O–H groups in total. The van der Waals surface area contributed by atoms with Gasteiger partial charge in [-0.25, -0.2) is 0 Å². The van der Waals surface area contributed by atoms with Gasteiger partial charge in [-0.15, -0.1) is 0 Å². The van der Waals surface area contributed by atoms with Gasteiger partial charge in [-0.2, -0.15) is 8.42 Å². The van der Waals surface area contributed by atoms with Gasteiger partial charge in [0.2, 0.25) is 5.91 Å². The molecule has 0 aromatic carbocycles. The summed E-state index contributed by atoms with van der Waals surface area (Å²) in [7, 11) is -4.32. The van der Waals surface area contributed by atoms with Gasteiger partial charge >= 0.3 is 0 Å². The molecule has 226 valence electrons. The number of nitrogens with one attached hydrogen (secondary N) is 1. The molecule has 2 atom stereocenters. The van der Waals surface area contributed by atoms with Gasteiger partial charge in [0.25, 0.3) is 10.1 Å². The third kappa shape index (κ3) is 26.7. The zero-order chi connectivity index (χ0) is 28.3. The molecule has 1 amide bonds. The second kappa shape index (κ2) is 26.3. The smallest absolute Gasteiger partial charge is 0.267 e. The molecule has 0 aliphatic carbocycles. The summed E-state index contributed by atoms with van der Waals surface area (Å²) in [5.41, 5.74) is 0. The molecule has 2 unspecified atom stereocenters. The van der Waals surface area contributed by atoms with Gasteiger partial charge in [0.1, 0.15) is 0 Å². The number of rotatable bonds is 28. The van der Waals surface area contributed by atoms with E-state index in [0.717, 1.165) is 38.5 Å². The maximum atomic E-state index is 12.3. The van der Waals surface area contributed by atoms with Crippen LogP contribution in [0.4, 0.5) is 0 Å². The molecule has 0 aliphatic rings. The molecule has 0 aliphatic heterocycles. The molecule has 0 rings (SSSR count). The van der Waals surface area contributed by atoms with E-state index in [1.807, 2.05) is 6.08 Å². The topological polar surface area (TPSA) is 104 Å². The van der Waals surface area contributed by atoms with E-state index >= 15 is 0 Å². The van der Waals surface area contributed by atoms with Gasteiger partial charge in [-0.05, 0) is 19.3 Å². The molecular formula is C31H61NO5S. The number of aliphatic hydroxyl groups excluding tert-OH is 1. The van der Waals surface area contributed by atoms with Crippen molar-refractivity contribution < 1.29 is 22.9 Å². The molecule has 0 spiro atoms. The number of carbonyl (C=O) groups excluding carboxylic acids is 1. The molecule has 38 heavy (non-hydrogen) atoms. The Morgan fingerprint density at radius 2 is 1.08 bits per heavy atom. The Morgan fingerprint density at radius 3 is 1.50 bits per heavy atom. The SMILES string of the molecule is CCCCCCC/C=C/C(O)C(CS(=O)(=O)O)NC(=O)CCCCCCCCCCCCCCCCCC. The second-order valence-corrected chi connectivity index (χ2v) is 12.6. The average molecular weight is 560 g/mol. The zero-order valence-corrected chi connectivity index (χ0v) is 25.6. The molecule has 0 heterocycles. The van der Waals surface area contributed by atoms with E-state index in [1.54, 1.807) is 0 Å². The lowest BCUT2D eigenvalue weighted by atomic mass is 10.0. The molecule has 6 nitrogen and oxygen atoms in total. The van der Waals surface area contributed by atoms with Crippen LogP contribution in [-0.2, 0) is 14.9 Å². The van der Waals surface area contributed by atoms with Crippen molar-refractivity contribution in [1.29, 1.82) is 0 Å². The van der Waals surface area contributed by atoms with Crippen molar-refractivity contribution in [2.75, 3.05) is 5.75 Å². The van der Waals surface area contributed by atoms with Crippen LogP contribution in [0.2, 0.25) is 0 Å². The lowest BCUT2D eigenvalue weighted by Crippen LogP contribution is -2.46. The fourth-order valence-electron chi connectivity index (χ4n) is 4.80. The first-order valence-electron chi connectivity index (χ1n) is 15.9. The van der Waals surface area contributed by atoms with Crippen molar-refractivity contribution in [2.24, 2.45) is 0 Å². The Hall–Kier alpha value is -0.920. The van der Waals surface area contributed by atoms with Gasteiger partial charge < -0.3 is 10.4 Å². The highest BCUT2D eigenvalue weighted by Crippen LogP contribution is 2.14. The quantitative estimate of drug-likeness (QED) is 0.0508. The molecule has 0 saturated carbocycles. The largest absolute Gasteiger partial charge is 0.387 e. The summed E-state index contributed by atoms with van der Waals surface area (Å²) in [6, 6.07) is -1.05. The van der Waals surface area contributed by atoms with Crippen LogP contribution in [-0.4, -0.2) is 41.9 Å². The van der Waals surface area contributed by atoms with Crippen LogP contribution in [0.3, 0.4) is 0 Å². The molecule has 0 aromatic rings. The standard InChI is InChI=1S/C31H61NO5S/c1-3-5-7-9-11-12-13-14-15-16-17-18-19-21-23-25-27-31(34)32-29(28-38(35,36)37)30(33)26-24-22-20-10-8-6-4-2/h24,26,29-30,33H,3-23,25,27-28H2,1-2H3,(H,32,34)(H,35,36,37)/b26-24+. The van der Waals surface area contributed by atoms with Crippen molar-refractivity contribution in [3.63, 3.8) is 0 Å². The summed E-state index contributed by atoms with van der Waals surface area (Å²) in [4.78, 5) is 12.3. The van der Waals surface area contributed by atoms with Gasteiger partial charge in [0.15, 0.2) is 0 Å². The van der Waals surface area contributed by atoms with E-state index in [2.05, 4.69) is 19.2 Å². The fourth-order valence-corrected chi connectivity index (χ4v) is 5.53. The number of unbranched alkanes of at least 4 members (excludes halogenated alkanes) is 20. The highest BCUT2D eigenvalue weighted by Gasteiger charge is 2.24. The van der Waals surface area contributed by atoms with E-state index in [1.165, 1.54) is 109 Å². The molecular weight excluding hydrogens is 498 g/mol. The number of amides is 1. The number of carbonyl (C=O) groups is 1. The predicted octanol–water partition coefficient (Wildman–Crippen LogP) is 8.29. The normalized spacial score (nSPS) is 13.7. The molecule has 0 bridgehead atoms. The number of allylic oxidation sites excluding steroid dienone is 1. The fraction of sp³-hybridized carbons (Fsp3) is 0.903. The Bertz CT molecular complexity index is 665. The van der Waals surface area contributed by atoms with Gasteiger partial charge in [-0.1, -0.05) is 148 Å². The van der Waals surface area contributed by atoms with Crippen LogP contribution < -0.4 is 5.32 Å². The van der Waals surface area contributed by atoms with Crippen LogP contribution in [0.15, 0.2) is 12.2 Å². The summed E-state index contributed by atoms with van der Waals surface area (Å²) in [6.07, 6.45) is 29.3. The minimum Gasteiger partial charge on any atom is -0.387 e. The molecule has 0 aromatic heterocycles. The van der Waals surface area contributed by atoms with Crippen molar-refractivity contribution in [3.8, 4) is 0 Å². The van der Waals surface area contributed by atoms with Gasteiger partial charge in [0, 0.05) is 6.42 Å². The summed E-state index contributed by atoms with van der Waals surface area (Å²) in [6.45, 7) is 4.43. The van der Waals surface area contributed by atoms with E-state index in [4.69, 9.17) is 0 Å². The minimum atomic E-state index is -4.32. The molecule has 0 fully saturated rings. The van der Waals surface area contributed by atoms with Crippen LogP contribution in [0.1, 0.15) is 162 Å². The highest BCUT2D eigenvalue weighted by atomic mass is 32.2. The maximum absolute atomic E-state index is 12.3. The van der Waals surface area contributed by atoms with E-state index < -0.39 is 28.0 Å². The maximum Gasteiger partial charge on any atom is 0.267 e. The Labute approximate surface area is 235 Å². The average Bonchev–Trinajstić information content (AvgIpc) is 2.86. The van der Waals surface area contributed by atoms with E-state index in [-0.39, 0.29) is 5.91 Å². The molecule has 0 radical (unpaired) electrons. The van der Waals surface area contributed by atoms with E-state index in [9.17, 15) is 22.9 Å². The third-order valence-corrected chi connectivity index (χ3v) is 7.99. The second-order valence-electron chi connectivity index (χ2n) is 11.1. The van der Waals surface area contributed by atoms with Crippen molar-refractivity contribution in [2.45, 2.75) is 174 Å². The van der Waals surface area contributed by atoms with Crippen LogP contribution >= 0.6 is 0 Å². The summed E-state index contributed by atoms with van der Waals surface area (Å²) < 4.78 is 32.0. The number of hydrogen-bond acceptors (Lipinski definition) is 4. The van der Waals surface area contributed by atoms with E-state index in [0.29, 0.717) is 6.42 Å². The summed E-state index contributed by atoms with van der Waals surface area (Å²) in [5, 5.41) is 13.0. The predicted molar refractivity (Wildman–Crippen MR) is 161 cm³/mol. The molecule has 7 heteroatoms. The lowest BCUT2D eigenvalue weighted by molar-refractivity contribution is -0.122.